The van der Waals surface area contributed by atoms with Crippen molar-refractivity contribution in [1.29, 1.82) is 0 Å². The number of Topliss-reactive ketones (excluding diaryl/α,β-unsaturated/α-hetero) is 1. The zero-order chi connectivity index (χ0) is 20.4. The standard InChI is InChI=1S/C20H22O6S/c1-5-12(2)15-6-8-17(9-7-15)27(24,25)26-19-13(3)10-16(11-14(19)4)18(21)20(22)23/h6-12H,5H2,1-4H3,(H,22,23). The Morgan fingerprint density at radius 2 is 1.59 bits per heavy atom. The predicted molar refractivity (Wildman–Crippen MR) is 101 cm³/mol. The second-order valence-electron chi connectivity index (χ2n) is 6.49. The molecule has 6 nitrogen and oxygen atoms in total. The van der Waals surface area contributed by atoms with E-state index in [0.29, 0.717) is 17.0 Å². The van der Waals surface area contributed by atoms with E-state index in [2.05, 4.69) is 13.8 Å². The molecule has 7 heteroatoms. The Morgan fingerprint density at radius 1 is 1.07 bits per heavy atom. The minimum atomic E-state index is -4.06. The van der Waals surface area contributed by atoms with Gasteiger partial charge in [-0.05, 0) is 67.1 Å². The van der Waals surface area contributed by atoms with Gasteiger partial charge in [0.2, 0.25) is 0 Å². The van der Waals surface area contributed by atoms with E-state index in [4.69, 9.17) is 9.29 Å². The zero-order valence-electron chi connectivity index (χ0n) is 15.6. The molecule has 144 valence electrons. The van der Waals surface area contributed by atoms with Crippen molar-refractivity contribution in [1.82, 2.24) is 0 Å². The van der Waals surface area contributed by atoms with Crippen LogP contribution in [0.5, 0.6) is 5.75 Å². The fraction of sp³-hybridized carbons (Fsp3) is 0.300. The summed E-state index contributed by atoms with van der Waals surface area (Å²) >= 11 is 0. The van der Waals surface area contributed by atoms with Gasteiger partial charge in [0.1, 0.15) is 10.6 Å². The Hall–Kier alpha value is -2.67. The summed E-state index contributed by atoms with van der Waals surface area (Å²) < 4.78 is 30.5. The van der Waals surface area contributed by atoms with E-state index in [0.717, 1.165) is 12.0 Å². The number of ketones is 1. The molecule has 0 aliphatic rings. The number of hydrogen-bond acceptors (Lipinski definition) is 5. The average Bonchev–Trinajstić information content (AvgIpc) is 2.63. The van der Waals surface area contributed by atoms with Crippen molar-refractivity contribution in [2.45, 2.75) is 44.9 Å². The van der Waals surface area contributed by atoms with E-state index in [9.17, 15) is 18.0 Å². The molecule has 27 heavy (non-hydrogen) atoms. The normalized spacial score (nSPS) is 12.4. The van der Waals surface area contributed by atoms with Crippen LogP contribution in [-0.4, -0.2) is 25.3 Å². The molecule has 1 atom stereocenters. The third kappa shape index (κ3) is 4.54. The number of aryl methyl sites for hydroxylation is 2. The number of rotatable bonds is 7. The van der Waals surface area contributed by atoms with Gasteiger partial charge in [0.25, 0.3) is 5.78 Å². The zero-order valence-corrected chi connectivity index (χ0v) is 16.5. The molecule has 0 amide bonds. The van der Waals surface area contributed by atoms with Crippen LogP contribution in [0, 0.1) is 13.8 Å². The van der Waals surface area contributed by atoms with Crippen molar-refractivity contribution in [3.8, 4) is 5.75 Å². The van der Waals surface area contributed by atoms with Gasteiger partial charge in [0, 0.05) is 5.56 Å². The van der Waals surface area contributed by atoms with Crippen LogP contribution in [0.1, 0.15) is 53.2 Å². The van der Waals surface area contributed by atoms with Gasteiger partial charge in [-0.25, -0.2) is 4.79 Å². The summed E-state index contributed by atoms with van der Waals surface area (Å²) in [5.41, 5.74) is 1.74. The van der Waals surface area contributed by atoms with Crippen molar-refractivity contribution in [3.05, 3.63) is 58.7 Å². The first-order chi connectivity index (χ1) is 12.6. The van der Waals surface area contributed by atoms with Crippen LogP contribution in [0.4, 0.5) is 0 Å². The first kappa shape index (κ1) is 20.6. The molecule has 2 aromatic carbocycles. The Labute approximate surface area is 158 Å². The Morgan fingerprint density at radius 3 is 2.04 bits per heavy atom. The fourth-order valence-corrected chi connectivity index (χ4v) is 3.74. The molecule has 0 bridgehead atoms. The van der Waals surface area contributed by atoms with Crippen LogP contribution in [0.25, 0.3) is 0 Å². The first-order valence-corrected chi connectivity index (χ1v) is 9.91. The van der Waals surface area contributed by atoms with Gasteiger partial charge in [-0.1, -0.05) is 26.0 Å². The highest BCUT2D eigenvalue weighted by atomic mass is 32.2. The van der Waals surface area contributed by atoms with Gasteiger partial charge < -0.3 is 9.29 Å². The molecule has 2 rings (SSSR count). The Bertz CT molecular complexity index is 951. The number of carboxylic acids is 1. The van der Waals surface area contributed by atoms with Gasteiger partial charge in [-0.2, -0.15) is 8.42 Å². The summed E-state index contributed by atoms with van der Waals surface area (Å²) in [6.07, 6.45) is 0.947. The molecule has 0 spiro atoms. The molecule has 0 aliphatic heterocycles. The summed E-state index contributed by atoms with van der Waals surface area (Å²) in [6, 6.07) is 9.14. The Kier molecular flexibility index (Phi) is 6.05. The lowest BCUT2D eigenvalue weighted by Gasteiger charge is -2.14. The van der Waals surface area contributed by atoms with E-state index in [-0.39, 0.29) is 16.2 Å². The van der Waals surface area contributed by atoms with Gasteiger partial charge in [-0.15, -0.1) is 0 Å². The molecule has 1 N–H and O–H groups in total. The van der Waals surface area contributed by atoms with Crippen molar-refractivity contribution in [3.63, 3.8) is 0 Å². The molecule has 0 aliphatic carbocycles. The van der Waals surface area contributed by atoms with Crippen molar-refractivity contribution >= 4 is 21.9 Å². The topological polar surface area (TPSA) is 97.7 Å². The van der Waals surface area contributed by atoms with Gasteiger partial charge in [-0.3, -0.25) is 4.79 Å². The lowest BCUT2D eigenvalue weighted by molar-refractivity contribution is -0.131. The second kappa shape index (κ2) is 7.92. The highest BCUT2D eigenvalue weighted by molar-refractivity contribution is 7.87. The maximum Gasteiger partial charge on any atom is 0.377 e. The lowest BCUT2D eigenvalue weighted by Crippen LogP contribution is -2.15. The van der Waals surface area contributed by atoms with Crippen LogP contribution in [0.2, 0.25) is 0 Å². The molecule has 2 aromatic rings. The summed E-state index contributed by atoms with van der Waals surface area (Å²) in [6.45, 7) is 7.24. The number of carbonyl (C=O) groups excluding carboxylic acids is 1. The van der Waals surface area contributed by atoms with E-state index in [1.807, 2.05) is 0 Å². The van der Waals surface area contributed by atoms with Gasteiger partial charge in [0.05, 0.1) is 0 Å². The minimum absolute atomic E-state index is 0.0269. The molecule has 0 saturated carbocycles. The largest absolute Gasteiger partial charge is 0.475 e. The van der Waals surface area contributed by atoms with E-state index < -0.39 is 21.9 Å². The quantitative estimate of drug-likeness (QED) is 0.438. The minimum Gasteiger partial charge on any atom is -0.475 e. The maximum absolute atomic E-state index is 12.6. The van der Waals surface area contributed by atoms with E-state index in [1.54, 1.807) is 26.0 Å². The summed E-state index contributed by atoms with van der Waals surface area (Å²) in [7, 11) is -4.06. The monoisotopic (exact) mass is 390 g/mol. The molecular weight excluding hydrogens is 368 g/mol. The number of hydrogen-bond donors (Lipinski definition) is 1. The Balaban J connectivity index is 2.35. The van der Waals surface area contributed by atoms with Crippen LogP contribution in [0.15, 0.2) is 41.3 Å². The predicted octanol–water partition coefficient (Wildman–Crippen LogP) is 3.85. The molecule has 0 fully saturated rings. The van der Waals surface area contributed by atoms with Gasteiger partial charge >= 0.3 is 16.1 Å². The molecule has 0 radical (unpaired) electrons. The van der Waals surface area contributed by atoms with Gasteiger partial charge in [0.15, 0.2) is 0 Å². The highest BCUT2D eigenvalue weighted by Crippen LogP contribution is 2.29. The fourth-order valence-electron chi connectivity index (χ4n) is 2.69. The van der Waals surface area contributed by atoms with Crippen LogP contribution < -0.4 is 4.18 Å². The smallest absolute Gasteiger partial charge is 0.377 e. The molecule has 1 unspecified atom stereocenters. The van der Waals surface area contributed by atoms with Crippen LogP contribution in [0.3, 0.4) is 0 Å². The molecular formula is C20H22O6S. The summed E-state index contributed by atoms with van der Waals surface area (Å²) in [5, 5.41) is 8.82. The average molecular weight is 390 g/mol. The van der Waals surface area contributed by atoms with Crippen molar-refractivity contribution in [2.75, 3.05) is 0 Å². The number of benzene rings is 2. The number of carbonyl (C=O) groups is 2. The van der Waals surface area contributed by atoms with Crippen molar-refractivity contribution in [2.24, 2.45) is 0 Å². The van der Waals surface area contributed by atoms with Crippen LogP contribution >= 0.6 is 0 Å². The third-order valence-electron chi connectivity index (χ3n) is 4.46. The first-order valence-electron chi connectivity index (χ1n) is 8.50. The summed E-state index contributed by atoms with van der Waals surface area (Å²) in [4.78, 5) is 22.5. The van der Waals surface area contributed by atoms with E-state index in [1.165, 1.54) is 24.3 Å². The molecule has 0 aromatic heterocycles. The SMILES string of the molecule is CCC(C)c1ccc(S(=O)(=O)Oc2c(C)cc(C(=O)C(=O)O)cc2C)cc1. The number of carboxylic acid groups (broad SMARTS) is 1. The maximum atomic E-state index is 12.6. The highest BCUT2D eigenvalue weighted by Gasteiger charge is 2.22. The summed E-state index contributed by atoms with van der Waals surface area (Å²) in [5.74, 6) is -2.22. The lowest BCUT2D eigenvalue weighted by atomic mass is 9.99. The third-order valence-corrected chi connectivity index (χ3v) is 5.70. The molecule has 0 heterocycles. The molecule has 0 saturated heterocycles. The number of aliphatic carboxylic acids is 1. The van der Waals surface area contributed by atoms with Crippen molar-refractivity contribution < 1.29 is 27.3 Å². The second-order valence-corrected chi connectivity index (χ2v) is 8.04. The van der Waals surface area contributed by atoms with E-state index >= 15 is 0 Å². The van der Waals surface area contributed by atoms with Crippen LogP contribution in [-0.2, 0) is 14.9 Å².